The van der Waals surface area contributed by atoms with Crippen molar-refractivity contribution in [2.24, 2.45) is 0 Å². The van der Waals surface area contributed by atoms with Gasteiger partial charge in [-0.3, -0.25) is 5.10 Å². The van der Waals surface area contributed by atoms with E-state index in [2.05, 4.69) is 22.3 Å². The van der Waals surface area contributed by atoms with Gasteiger partial charge in [-0.1, -0.05) is 49.4 Å². The minimum atomic E-state index is -0.0459. The van der Waals surface area contributed by atoms with Crippen molar-refractivity contribution >= 4 is 0 Å². The van der Waals surface area contributed by atoms with Crippen LogP contribution >= 0.6 is 0 Å². The predicted molar refractivity (Wildman–Crippen MR) is 113 cm³/mol. The Balaban J connectivity index is 1.67. The van der Waals surface area contributed by atoms with E-state index < -0.39 is 0 Å². The molecule has 0 saturated heterocycles. The van der Waals surface area contributed by atoms with Crippen molar-refractivity contribution in [3.8, 4) is 45.4 Å². The molecule has 0 spiro atoms. The van der Waals surface area contributed by atoms with E-state index in [-0.39, 0.29) is 11.5 Å². The maximum Gasteiger partial charge on any atom is 0.176 e. The normalized spacial score (nSPS) is 10.8. The van der Waals surface area contributed by atoms with Gasteiger partial charge in [-0.15, -0.1) is 0 Å². The highest BCUT2D eigenvalue weighted by Gasteiger charge is 2.19. The molecule has 0 amide bonds. The highest BCUT2D eigenvalue weighted by Crippen LogP contribution is 2.41. The number of rotatable bonds is 5. The summed E-state index contributed by atoms with van der Waals surface area (Å²) in [4.78, 5) is 0. The Morgan fingerprint density at radius 2 is 1.59 bits per heavy atom. The maximum absolute atomic E-state index is 10.4. The Bertz CT molecular complexity index is 1130. The SMILES string of the molecule is CCc1cc(-c2n[nH]c(C)c2Oc2ccc(-c3ccccc3)cc2)c(O)cc1O. The number of aromatic nitrogens is 2. The first kappa shape index (κ1) is 18.6. The molecule has 3 N–H and O–H groups in total. The van der Waals surface area contributed by atoms with E-state index in [9.17, 15) is 10.2 Å². The van der Waals surface area contributed by atoms with Gasteiger partial charge in [0.25, 0.3) is 0 Å². The minimum absolute atomic E-state index is 0.0459. The molecule has 5 heteroatoms. The number of aryl methyl sites for hydroxylation is 2. The minimum Gasteiger partial charge on any atom is -0.508 e. The van der Waals surface area contributed by atoms with Gasteiger partial charge >= 0.3 is 0 Å². The third kappa shape index (κ3) is 3.67. The van der Waals surface area contributed by atoms with Gasteiger partial charge in [0.05, 0.1) is 5.69 Å². The van der Waals surface area contributed by atoms with Crippen LogP contribution in [-0.4, -0.2) is 20.4 Å². The van der Waals surface area contributed by atoms with E-state index in [4.69, 9.17) is 4.74 Å². The van der Waals surface area contributed by atoms with Crippen molar-refractivity contribution in [1.29, 1.82) is 0 Å². The molecule has 1 heterocycles. The second-order valence-corrected chi connectivity index (χ2v) is 6.87. The van der Waals surface area contributed by atoms with E-state index >= 15 is 0 Å². The molecule has 0 aliphatic carbocycles. The highest BCUT2D eigenvalue weighted by molar-refractivity contribution is 5.75. The number of nitrogens with one attached hydrogen (secondary N) is 1. The zero-order valence-electron chi connectivity index (χ0n) is 16.3. The van der Waals surface area contributed by atoms with Gasteiger partial charge in [-0.25, -0.2) is 0 Å². The predicted octanol–water partition coefficient (Wildman–Crippen LogP) is 5.82. The van der Waals surface area contributed by atoms with Crippen molar-refractivity contribution in [3.05, 3.63) is 78.0 Å². The van der Waals surface area contributed by atoms with Gasteiger partial charge in [0, 0.05) is 11.6 Å². The van der Waals surface area contributed by atoms with Crippen LogP contribution in [0.15, 0.2) is 66.7 Å². The number of phenolic OH excluding ortho intramolecular Hbond substituents is 2. The van der Waals surface area contributed by atoms with Crippen LogP contribution in [0.5, 0.6) is 23.0 Å². The third-order valence-electron chi connectivity index (χ3n) is 4.91. The summed E-state index contributed by atoms with van der Waals surface area (Å²) in [7, 11) is 0. The third-order valence-corrected chi connectivity index (χ3v) is 4.91. The van der Waals surface area contributed by atoms with E-state index in [0.29, 0.717) is 29.2 Å². The Morgan fingerprint density at radius 1 is 0.897 bits per heavy atom. The van der Waals surface area contributed by atoms with Crippen LogP contribution in [0, 0.1) is 6.92 Å². The lowest BCUT2D eigenvalue weighted by atomic mass is 10.0. The molecule has 5 nitrogen and oxygen atoms in total. The van der Waals surface area contributed by atoms with Crippen molar-refractivity contribution in [2.75, 3.05) is 0 Å². The Kier molecular flexibility index (Phi) is 4.96. The average molecular weight is 386 g/mol. The van der Waals surface area contributed by atoms with E-state index in [1.807, 2.05) is 56.3 Å². The number of aromatic amines is 1. The number of aromatic hydroxyl groups is 2. The molecule has 0 bridgehead atoms. The van der Waals surface area contributed by atoms with Crippen molar-refractivity contribution in [1.82, 2.24) is 10.2 Å². The summed E-state index contributed by atoms with van der Waals surface area (Å²) in [6.45, 7) is 3.81. The summed E-state index contributed by atoms with van der Waals surface area (Å²) >= 11 is 0. The fraction of sp³-hybridized carbons (Fsp3) is 0.125. The van der Waals surface area contributed by atoms with Crippen LogP contribution in [0.2, 0.25) is 0 Å². The number of hydrogen-bond acceptors (Lipinski definition) is 4. The van der Waals surface area contributed by atoms with Crippen LogP contribution in [0.1, 0.15) is 18.2 Å². The molecule has 0 saturated carbocycles. The Labute approximate surface area is 169 Å². The summed E-state index contributed by atoms with van der Waals surface area (Å²) in [5, 5.41) is 27.6. The van der Waals surface area contributed by atoms with Gasteiger partial charge in [0.15, 0.2) is 5.75 Å². The molecule has 0 aliphatic rings. The maximum atomic E-state index is 10.4. The fourth-order valence-corrected chi connectivity index (χ4v) is 3.29. The van der Waals surface area contributed by atoms with Crippen LogP contribution in [0.25, 0.3) is 22.4 Å². The quantitative estimate of drug-likeness (QED) is 0.404. The Hall–Kier alpha value is -3.73. The van der Waals surface area contributed by atoms with Gasteiger partial charge in [-0.05, 0) is 48.2 Å². The fourth-order valence-electron chi connectivity index (χ4n) is 3.29. The summed E-state index contributed by atoms with van der Waals surface area (Å²) in [5.41, 5.74) is 4.74. The molecule has 4 aromatic rings. The van der Waals surface area contributed by atoms with E-state index in [0.717, 1.165) is 22.4 Å². The van der Waals surface area contributed by atoms with Crippen LogP contribution in [0.4, 0.5) is 0 Å². The van der Waals surface area contributed by atoms with Crippen LogP contribution in [-0.2, 0) is 6.42 Å². The van der Waals surface area contributed by atoms with Crippen molar-refractivity contribution < 1.29 is 14.9 Å². The van der Waals surface area contributed by atoms with Gasteiger partial charge in [0.2, 0.25) is 0 Å². The molecule has 0 atom stereocenters. The van der Waals surface area contributed by atoms with Gasteiger partial charge in [0.1, 0.15) is 22.9 Å². The lowest BCUT2D eigenvalue weighted by Crippen LogP contribution is -1.91. The summed E-state index contributed by atoms with van der Waals surface area (Å²) in [5.74, 6) is 1.24. The van der Waals surface area contributed by atoms with Crippen molar-refractivity contribution in [3.63, 3.8) is 0 Å². The number of phenols is 2. The molecule has 146 valence electrons. The smallest absolute Gasteiger partial charge is 0.176 e. The second-order valence-electron chi connectivity index (χ2n) is 6.87. The molecule has 1 aromatic heterocycles. The monoisotopic (exact) mass is 386 g/mol. The number of hydrogen-bond donors (Lipinski definition) is 3. The molecule has 4 rings (SSSR count). The molecule has 0 fully saturated rings. The average Bonchev–Trinajstić information content (AvgIpc) is 3.09. The highest BCUT2D eigenvalue weighted by atomic mass is 16.5. The molecular weight excluding hydrogens is 364 g/mol. The first-order valence-electron chi connectivity index (χ1n) is 9.50. The summed E-state index contributed by atoms with van der Waals surface area (Å²) in [6, 6.07) is 21.1. The summed E-state index contributed by atoms with van der Waals surface area (Å²) < 4.78 is 6.12. The van der Waals surface area contributed by atoms with Crippen LogP contribution in [0.3, 0.4) is 0 Å². The van der Waals surface area contributed by atoms with Gasteiger partial charge in [-0.2, -0.15) is 5.10 Å². The first-order chi connectivity index (χ1) is 14.1. The Morgan fingerprint density at radius 3 is 2.28 bits per heavy atom. The largest absolute Gasteiger partial charge is 0.508 e. The lowest BCUT2D eigenvalue weighted by Gasteiger charge is -2.11. The number of benzene rings is 3. The number of nitrogens with zero attached hydrogens (tertiary/aromatic N) is 1. The zero-order chi connectivity index (χ0) is 20.4. The standard InChI is InChI=1S/C24H22N2O3/c1-3-16-13-20(22(28)14-21(16)27)23-24(15(2)25-26-23)29-19-11-9-18(10-12-19)17-7-5-4-6-8-17/h4-14,27-28H,3H2,1-2H3,(H,25,26). The zero-order valence-corrected chi connectivity index (χ0v) is 16.3. The van der Waals surface area contributed by atoms with Crippen LogP contribution < -0.4 is 4.74 Å². The topological polar surface area (TPSA) is 78.4 Å². The molecule has 3 aromatic carbocycles. The molecule has 0 unspecified atom stereocenters. The second kappa shape index (κ2) is 7.72. The molecule has 0 radical (unpaired) electrons. The summed E-state index contributed by atoms with van der Waals surface area (Å²) in [6.07, 6.45) is 0.639. The number of H-pyrrole nitrogens is 1. The molecule has 29 heavy (non-hydrogen) atoms. The van der Waals surface area contributed by atoms with Gasteiger partial charge < -0.3 is 14.9 Å². The molecular formula is C24H22N2O3. The first-order valence-corrected chi connectivity index (χ1v) is 9.50. The lowest BCUT2D eigenvalue weighted by molar-refractivity contribution is 0.446. The number of ether oxygens (including phenoxy) is 1. The van der Waals surface area contributed by atoms with E-state index in [1.165, 1.54) is 6.07 Å². The van der Waals surface area contributed by atoms with E-state index in [1.54, 1.807) is 6.07 Å². The molecule has 0 aliphatic heterocycles. The van der Waals surface area contributed by atoms with Crippen molar-refractivity contribution in [2.45, 2.75) is 20.3 Å².